The van der Waals surface area contributed by atoms with Gasteiger partial charge in [-0.1, -0.05) is 12.1 Å². The maximum Gasteiger partial charge on any atom is 0.306 e. The Bertz CT molecular complexity index is 352. The number of hydrogen-bond acceptors (Lipinski definition) is 2. The van der Waals surface area contributed by atoms with E-state index in [1.165, 1.54) is 0 Å². The smallest absolute Gasteiger partial charge is 0.306 e. The zero-order valence-electron chi connectivity index (χ0n) is 9.15. The van der Waals surface area contributed by atoms with Crippen LogP contribution in [0.2, 0.25) is 0 Å². The maximum atomic E-state index is 12.2. The molecule has 0 aromatic heterocycles. The van der Waals surface area contributed by atoms with Crippen LogP contribution in [0.1, 0.15) is 12.0 Å². The number of carboxylic acid groups (broad SMARTS) is 1. The molecule has 0 fully saturated rings. The quantitative estimate of drug-likeness (QED) is 0.809. The molecule has 0 aliphatic carbocycles. The molecule has 0 bridgehead atoms. The van der Waals surface area contributed by atoms with Crippen molar-refractivity contribution in [3.05, 3.63) is 29.8 Å². The van der Waals surface area contributed by atoms with E-state index in [-0.39, 0.29) is 6.42 Å². The molecule has 0 radical (unpaired) electrons. The number of methoxy groups -OCH3 is 1. The van der Waals surface area contributed by atoms with E-state index in [1.807, 2.05) is 6.07 Å². The fourth-order valence-electron chi connectivity index (χ4n) is 1.53. The molecule has 1 aromatic carbocycles. The van der Waals surface area contributed by atoms with Gasteiger partial charge in [-0.3, -0.25) is 9.18 Å². The zero-order valence-corrected chi connectivity index (χ0v) is 9.15. The van der Waals surface area contributed by atoms with Crippen molar-refractivity contribution in [2.24, 2.45) is 5.92 Å². The highest BCUT2D eigenvalue weighted by atomic mass is 19.1. The van der Waals surface area contributed by atoms with Crippen LogP contribution in [-0.4, -0.2) is 24.9 Å². The standard InChI is InChI=1S/C12H15FO3/c1-16-11-4-2-3-9(8-11)7-10(5-6-13)12(14)15/h2-4,8,10H,5-7H2,1H3,(H,14,15). The second-order valence-corrected chi connectivity index (χ2v) is 3.57. The molecule has 1 aromatic rings. The molecular formula is C12H15FO3. The average Bonchev–Trinajstić information content (AvgIpc) is 2.28. The number of ether oxygens (including phenoxy) is 1. The van der Waals surface area contributed by atoms with Gasteiger partial charge in [0, 0.05) is 0 Å². The monoisotopic (exact) mass is 226 g/mol. The lowest BCUT2D eigenvalue weighted by atomic mass is 9.97. The van der Waals surface area contributed by atoms with E-state index in [0.717, 1.165) is 5.56 Å². The summed E-state index contributed by atoms with van der Waals surface area (Å²) in [5, 5.41) is 8.89. The van der Waals surface area contributed by atoms with Gasteiger partial charge in [-0.05, 0) is 30.5 Å². The van der Waals surface area contributed by atoms with Gasteiger partial charge in [-0.15, -0.1) is 0 Å². The minimum absolute atomic E-state index is 0.0482. The molecule has 0 aliphatic heterocycles. The molecular weight excluding hydrogens is 211 g/mol. The summed E-state index contributed by atoms with van der Waals surface area (Å²) < 4.78 is 17.2. The van der Waals surface area contributed by atoms with E-state index in [4.69, 9.17) is 9.84 Å². The van der Waals surface area contributed by atoms with Crippen LogP contribution in [0, 0.1) is 5.92 Å². The largest absolute Gasteiger partial charge is 0.497 e. The lowest BCUT2D eigenvalue weighted by Crippen LogP contribution is -2.17. The Hall–Kier alpha value is -1.58. The topological polar surface area (TPSA) is 46.5 Å². The highest BCUT2D eigenvalue weighted by Gasteiger charge is 2.17. The van der Waals surface area contributed by atoms with E-state index in [9.17, 15) is 9.18 Å². The van der Waals surface area contributed by atoms with Crippen LogP contribution < -0.4 is 4.74 Å². The Labute approximate surface area is 93.9 Å². The van der Waals surface area contributed by atoms with Crippen LogP contribution in [0.15, 0.2) is 24.3 Å². The lowest BCUT2D eigenvalue weighted by molar-refractivity contribution is -0.142. The third kappa shape index (κ3) is 3.53. The summed E-state index contributed by atoms with van der Waals surface area (Å²) in [5.41, 5.74) is 0.847. The number of rotatable bonds is 6. The summed E-state index contributed by atoms with van der Waals surface area (Å²) >= 11 is 0. The number of alkyl halides is 1. The van der Waals surface area contributed by atoms with Gasteiger partial charge in [0.05, 0.1) is 19.7 Å². The van der Waals surface area contributed by atoms with E-state index in [2.05, 4.69) is 0 Å². The maximum absolute atomic E-state index is 12.2. The number of aliphatic carboxylic acids is 1. The van der Waals surface area contributed by atoms with Gasteiger partial charge in [0.1, 0.15) is 5.75 Å². The van der Waals surface area contributed by atoms with Crippen molar-refractivity contribution in [1.29, 1.82) is 0 Å². The summed E-state index contributed by atoms with van der Waals surface area (Å²) in [6.07, 6.45) is 0.378. The molecule has 88 valence electrons. The highest BCUT2D eigenvalue weighted by molar-refractivity contribution is 5.70. The fraction of sp³-hybridized carbons (Fsp3) is 0.417. The summed E-state index contributed by atoms with van der Waals surface area (Å²) in [4.78, 5) is 10.9. The van der Waals surface area contributed by atoms with E-state index >= 15 is 0 Å². The molecule has 1 unspecified atom stereocenters. The molecule has 0 heterocycles. The molecule has 1 N–H and O–H groups in total. The fourth-order valence-corrected chi connectivity index (χ4v) is 1.53. The second kappa shape index (κ2) is 6.10. The Kier molecular flexibility index (Phi) is 4.76. The average molecular weight is 226 g/mol. The molecule has 4 heteroatoms. The van der Waals surface area contributed by atoms with Gasteiger partial charge in [-0.2, -0.15) is 0 Å². The van der Waals surface area contributed by atoms with Gasteiger partial charge in [0.2, 0.25) is 0 Å². The first kappa shape index (κ1) is 12.5. The molecule has 16 heavy (non-hydrogen) atoms. The van der Waals surface area contributed by atoms with Crippen molar-refractivity contribution < 1.29 is 19.0 Å². The molecule has 3 nitrogen and oxygen atoms in total. The number of benzene rings is 1. The third-order valence-electron chi connectivity index (χ3n) is 2.42. The minimum atomic E-state index is -0.958. The molecule has 0 spiro atoms. The number of halogens is 1. The Morgan fingerprint density at radius 2 is 2.31 bits per heavy atom. The minimum Gasteiger partial charge on any atom is -0.497 e. The van der Waals surface area contributed by atoms with Crippen LogP contribution in [0.3, 0.4) is 0 Å². The second-order valence-electron chi connectivity index (χ2n) is 3.57. The number of carbonyl (C=O) groups is 1. The van der Waals surface area contributed by atoms with Crippen molar-refractivity contribution in [3.8, 4) is 5.75 Å². The molecule has 0 saturated carbocycles. The van der Waals surface area contributed by atoms with Crippen molar-refractivity contribution in [2.75, 3.05) is 13.8 Å². The highest BCUT2D eigenvalue weighted by Crippen LogP contribution is 2.18. The van der Waals surface area contributed by atoms with Crippen molar-refractivity contribution in [2.45, 2.75) is 12.8 Å². The van der Waals surface area contributed by atoms with E-state index in [0.29, 0.717) is 12.2 Å². The van der Waals surface area contributed by atoms with Crippen LogP contribution in [0.25, 0.3) is 0 Å². The molecule has 0 aliphatic rings. The Balaban J connectivity index is 2.72. The SMILES string of the molecule is COc1cccc(CC(CCF)C(=O)O)c1. The Morgan fingerprint density at radius 1 is 1.56 bits per heavy atom. The van der Waals surface area contributed by atoms with Gasteiger partial charge in [0.15, 0.2) is 0 Å². The zero-order chi connectivity index (χ0) is 12.0. The first-order chi connectivity index (χ1) is 7.67. The molecule has 1 rings (SSSR count). The predicted molar refractivity (Wildman–Crippen MR) is 58.4 cm³/mol. The first-order valence-corrected chi connectivity index (χ1v) is 5.09. The number of carboxylic acids is 1. The summed E-state index contributed by atoms with van der Waals surface area (Å²) in [5.74, 6) is -0.945. The van der Waals surface area contributed by atoms with Crippen molar-refractivity contribution in [1.82, 2.24) is 0 Å². The Morgan fingerprint density at radius 3 is 2.88 bits per heavy atom. The van der Waals surface area contributed by atoms with Crippen LogP contribution in [0.5, 0.6) is 5.75 Å². The molecule has 1 atom stereocenters. The van der Waals surface area contributed by atoms with Gasteiger partial charge >= 0.3 is 5.97 Å². The van der Waals surface area contributed by atoms with Gasteiger partial charge in [0.25, 0.3) is 0 Å². The number of hydrogen-bond donors (Lipinski definition) is 1. The molecule has 0 saturated heterocycles. The lowest BCUT2D eigenvalue weighted by Gasteiger charge is -2.10. The predicted octanol–water partition coefficient (Wildman–Crippen LogP) is 2.30. The van der Waals surface area contributed by atoms with Gasteiger partial charge in [-0.25, -0.2) is 0 Å². The van der Waals surface area contributed by atoms with Crippen molar-refractivity contribution in [3.63, 3.8) is 0 Å². The summed E-state index contributed by atoms with van der Waals surface area (Å²) in [6.45, 7) is -0.610. The van der Waals surface area contributed by atoms with Crippen LogP contribution in [0.4, 0.5) is 4.39 Å². The summed E-state index contributed by atoms with van der Waals surface area (Å²) in [7, 11) is 1.55. The van der Waals surface area contributed by atoms with Crippen molar-refractivity contribution >= 4 is 5.97 Å². The van der Waals surface area contributed by atoms with Gasteiger partial charge < -0.3 is 9.84 Å². The molecule has 0 amide bonds. The first-order valence-electron chi connectivity index (χ1n) is 5.09. The normalized spacial score (nSPS) is 12.1. The van der Waals surface area contributed by atoms with Crippen LogP contribution >= 0.6 is 0 Å². The van der Waals surface area contributed by atoms with E-state index < -0.39 is 18.6 Å². The van der Waals surface area contributed by atoms with Crippen LogP contribution in [-0.2, 0) is 11.2 Å². The van der Waals surface area contributed by atoms with E-state index in [1.54, 1.807) is 25.3 Å². The third-order valence-corrected chi connectivity index (χ3v) is 2.42. The summed E-state index contributed by atoms with van der Waals surface area (Å²) in [6, 6.07) is 7.17.